The molecular formula is C28H29NO3. The summed E-state index contributed by atoms with van der Waals surface area (Å²) in [6.45, 7) is 4.58. The molecule has 4 rings (SSSR count). The zero-order valence-electron chi connectivity index (χ0n) is 18.7. The fraction of sp³-hybridized carbons (Fsp3) is 0.250. The van der Waals surface area contributed by atoms with Gasteiger partial charge in [0.05, 0.1) is 12.3 Å². The SMILES string of the molecule is CCCCc1ccc(O)cc1OCCc1nc(-c2ccc(-c3ccccc3)cc2)oc1C. The molecule has 4 nitrogen and oxygen atoms in total. The largest absolute Gasteiger partial charge is 0.508 e. The van der Waals surface area contributed by atoms with Crippen molar-refractivity contribution in [2.75, 3.05) is 6.61 Å². The highest BCUT2D eigenvalue weighted by Crippen LogP contribution is 2.28. The predicted octanol–water partition coefficient (Wildman–Crippen LogP) is 6.99. The molecule has 0 unspecified atom stereocenters. The van der Waals surface area contributed by atoms with Crippen molar-refractivity contribution in [1.29, 1.82) is 0 Å². The molecule has 1 aromatic heterocycles. The minimum atomic E-state index is 0.221. The molecule has 0 fully saturated rings. The number of aromatic hydroxyl groups is 1. The van der Waals surface area contributed by atoms with Gasteiger partial charge in [0, 0.05) is 18.1 Å². The summed E-state index contributed by atoms with van der Waals surface area (Å²) in [5, 5.41) is 9.84. The molecule has 1 heterocycles. The Bertz CT molecular complexity index is 1150. The van der Waals surface area contributed by atoms with Gasteiger partial charge in [-0.2, -0.15) is 0 Å². The molecule has 0 aliphatic rings. The van der Waals surface area contributed by atoms with Gasteiger partial charge in [-0.3, -0.25) is 0 Å². The van der Waals surface area contributed by atoms with Crippen LogP contribution in [0.25, 0.3) is 22.6 Å². The molecular weight excluding hydrogens is 398 g/mol. The van der Waals surface area contributed by atoms with Crippen LogP contribution in [0, 0.1) is 6.92 Å². The Morgan fingerprint density at radius 2 is 1.59 bits per heavy atom. The van der Waals surface area contributed by atoms with Crippen LogP contribution in [0.4, 0.5) is 0 Å². The molecule has 4 heteroatoms. The average molecular weight is 428 g/mol. The number of phenolic OH excluding ortho intramolecular Hbond substituents is 1. The average Bonchev–Trinajstić information content (AvgIpc) is 3.19. The van der Waals surface area contributed by atoms with Gasteiger partial charge in [0.1, 0.15) is 17.3 Å². The highest BCUT2D eigenvalue weighted by atomic mass is 16.5. The fourth-order valence-corrected chi connectivity index (χ4v) is 3.73. The van der Waals surface area contributed by atoms with E-state index in [9.17, 15) is 5.11 Å². The Hall–Kier alpha value is -3.53. The van der Waals surface area contributed by atoms with Crippen LogP contribution in [0.15, 0.2) is 77.2 Å². The molecule has 164 valence electrons. The van der Waals surface area contributed by atoms with Crippen LogP contribution in [0.3, 0.4) is 0 Å². The maximum atomic E-state index is 9.84. The first-order chi connectivity index (χ1) is 15.6. The first kappa shape index (κ1) is 21.7. The number of benzene rings is 3. The van der Waals surface area contributed by atoms with Gasteiger partial charge >= 0.3 is 0 Å². The Morgan fingerprint density at radius 3 is 2.34 bits per heavy atom. The van der Waals surface area contributed by atoms with E-state index in [0.29, 0.717) is 18.9 Å². The van der Waals surface area contributed by atoms with Crippen molar-refractivity contribution in [3.8, 4) is 34.1 Å². The lowest BCUT2D eigenvalue weighted by molar-refractivity contribution is 0.314. The Kier molecular flexibility index (Phi) is 6.90. The van der Waals surface area contributed by atoms with Crippen molar-refractivity contribution >= 4 is 0 Å². The molecule has 0 saturated carbocycles. The Morgan fingerprint density at radius 1 is 0.875 bits per heavy atom. The third-order valence-electron chi connectivity index (χ3n) is 5.58. The molecule has 0 amide bonds. The van der Waals surface area contributed by atoms with E-state index in [0.717, 1.165) is 53.2 Å². The highest BCUT2D eigenvalue weighted by Gasteiger charge is 2.13. The van der Waals surface area contributed by atoms with E-state index in [2.05, 4.69) is 31.2 Å². The van der Waals surface area contributed by atoms with E-state index in [-0.39, 0.29) is 5.75 Å². The molecule has 0 aliphatic carbocycles. The summed E-state index contributed by atoms with van der Waals surface area (Å²) in [7, 11) is 0. The molecule has 0 spiro atoms. The summed E-state index contributed by atoms with van der Waals surface area (Å²) >= 11 is 0. The number of phenols is 1. The van der Waals surface area contributed by atoms with Gasteiger partial charge in [-0.1, -0.05) is 61.9 Å². The van der Waals surface area contributed by atoms with Crippen LogP contribution >= 0.6 is 0 Å². The number of rotatable bonds is 9. The second-order valence-electron chi connectivity index (χ2n) is 7.96. The van der Waals surface area contributed by atoms with E-state index in [1.807, 2.05) is 43.3 Å². The van der Waals surface area contributed by atoms with Crippen LogP contribution in [0.1, 0.15) is 36.8 Å². The monoisotopic (exact) mass is 427 g/mol. The Labute approximate surface area is 189 Å². The van der Waals surface area contributed by atoms with Crippen molar-refractivity contribution < 1.29 is 14.3 Å². The summed E-state index contributed by atoms with van der Waals surface area (Å²) in [5.41, 5.74) is 5.32. The molecule has 32 heavy (non-hydrogen) atoms. The van der Waals surface area contributed by atoms with Crippen molar-refractivity contribution in [3.63, 3.8) is 0 Å². The van der Waals surface area contributed by atoms with Gasteiger partial charge in [0.15, 0.2) is 0 Å². The second kappa shape index (κ2) is 10.2. The number of hydrogen-bond donors (Lipinski definition) is 1. The normalized spacial score (nSPS) is 10.9. The maximum Gasteiger partial charge on any atom is 0.226 e. The summed E-state index contributed by atoms with van der Waals surface area (Å²) in [6, 6.07) is 23.9. The van der Waals surface area contributed by atoms with E-state index < -0.39 is 0 Å². The van der Waals surface area contributed by atoms with E-state index in [1.54, 1.807) is 12.1 Å². The minimum absolute atomic E-state index is 0.221. The topological polar surface area (TPSA) is 55.5 Å². The van der Waals surface area contributed by atoms with Crippen molar-refractivity contribution in [1.82, 2.24) is 4.98 Å². The number of nitrogens with zero attached hydrogens (tertiary/aromatic N) is 1. The van der Waals surface area contributed by atoms with Gasteiger partial charge in [-0.05, 0) is 54.7 Å². The molecule has 0 saturated heterocycles. The second-order valence-corrected chi connectivity index (χ2v) is 7.96. The van der Waals surface area contributed by atoms with Crippen LogP contribution in [-0.4, -0.2) is 16.7 Å². The van der Waals surface area contributed by atoms with Crippen molar-refractivity contribution in [2.45, 2.75) is 39.5 Å². The molecule has 1 N–H and O–H groups in total. The lowest BCUT2D eigenvalue weighted by atomic mass is 10.0. The zero-order chi connectivity index (χ0) is 22.3. The van der Waals surface area contributed by atoms with E-state index >= 15 is 0 Å². The lowest BCUT2D eigenvalue weighted by Gasteiger charge is -2.11. The van der Waals surface area contributed by atoms with Gasteiger partial charge < -0.3 is 14.3 Å². The molecule has 0 bridgehead atoms. The standard InChI is InChI=1S/C28H29NO3/c1-3-4-8-23-15-16-25(30)19-27(23)31-18-17-26-20(2)32-28(29-26)24-13-11-22(12-14-24)21-9-6-5-7-10-21/h5-7,9-16,19,30H,3-4,8,17-18H2,1-2H3. The van der Waals surface area contributed by atoms with Crippen LogP contribution in [-0.2, 0) is 12.8 Å². The molecule has 3 aromatic carbocycles. The number of oxazole rings is 1. The van der Waals surface area contributed by atoms with Gasteiger partial charge in [-0.25, -0.2) is 4.98 Å². The number of unbranched alkanes of at least 4 members (excludes halogenated alkanes) is 1. The maximum absolute atomic E-state index is 9.84. The van der Waals surface area contributed by atoms with Gasteiger partial charge in [0.25, 0.3) is 0 Å². The van der Waals surface area contributed by atoms with Gasteiger partial charge in [-0.15, -0.1) is 0 Å². The number of ether oxygens (including phenoxy) is 1. The first-order valence-electron chi connectivity index (χ1n) is 11.2. The minimum Gasteiger partial charge on any atom is -0.508 e. The smallest absolute Gasteiger partial charge is 0.226 e. The zero-order valence-corrected chi connectivity index (χ0v) is 18.7. The number of aromatic nitrogens is 1. The molecule has 4 aromatic rings. The quantitative estimate of drug-likeness (QED) is 0.313. The number of aryl methyl sites for hydroxylation is 2. The third-order valence-corrected chi connectivity index (χ3v) is 5.58. The van der Waals surface area contributed by atoms with Crippen molar-refractivity contribution in [2.24, 2.45) is 0 Å². The predicted molar refractivity (Wildman–Crippen MR) is 128 cm³/mol. The molecule has 0 aliphatic heterocycles. The first-order valence-corrected chi connectivity index (χ1v) is 11.2. The third kappa shape index (κ3) is 5.20. The summed E-state index contributed by atoms with van der Waals surface area (Å²) in [5.74, 6) is 2.39. The number of hydrogen-bond acceptors (Lipinski definition) is 4. The summed E-state index contributed by atoms with van der Waals surface area (Å²) in [6.07, 6.45) is 3.79. The summed E-state index contributed by atoms with van der Waals surface area (Å²) in [4.78, 5) is 4.71. The van der Waals surface area contributed by atoms with Crippen LogP contribution in [0.2, 0.25) is 0 Å². The lowest BCUT2D eigenvalue weighted by Crippen LogP contribution is -2.04. The van der Waals surface area contributed by atoms with Crippen LogP contribution in [0.5, 0.6) is 11.5 Å². The summed E-state index contributed by atoms with van der Waals surface area (Å²) < 4.78 is 12.0. The fourth-order valence-electron chi connectivity index (χ4n) is 3.73. The Balaban J connectivity index is 1.42. The molecule has 0 radical (unpaired) electrons. The highest BCUT2D eigenvalue weighted by molar-refractivity contribution is 5.67. The van der Waals surface area contributed by atoms with Crippen LogP contribution < -0.4 is 4.74 Å². The van der Waals surface area contributed by atoms with E-state index in [1.165, 1.54) is 5.56 Å². The molecule has 0 atom stereocenters. The van der Waals surface area contributed by atoms with E-state index in [4.69, 9.17) is 14.1 Å². The van der Waals surface area contributed by atoms with Gasteiger partial charge in [0.2, 0.25) is 5.89 Å². The van der Waals surface area contributed by atoms with Crippen molar-refractivity contribution in [3.05, 3.63) is 89.8 Å².